The highest BCUT2D eigenvalue weighted by Gasteiger charge is 2.31. The lowest BCUT2D eigenvalue weighted by atomic mass is 10.0. The number of carboxylic acids is 3. The molecule has 15 heteroatoms. The second-order valence-corrected chi connectivity index (χ2v) is 9.73. The first kappa shape index (κ1) is 34.0. The number of phenols is 2. The molecule has 0 bridgehead atoms. The molecule has 0 spiro atoms. The van der Waals surface area contributed by atoms with Crippen LogP contribution in [-0.4, -0.2) is 85.3 Å². The summed E-state index contributed by atoms with van der Waals surface area (Å²) in [5.74, 6) is -6.90. The molecule has 10 N–H and O–H groups in total. The summed E-state index contributed by atoms with van der Waals surface area (Å²) in [6, 6.07) is 5.71. The van der Waals surface area contributed by atoms with Gasteiger partial charge in [0.15, 0.2) is 0 Å². The van der Waals surface area contributed by atoms with Crippen LogP contribution in [0, 0.1) is 0 Å². The van der Waals surface area contributed by atoms with E-state index in [-0.39, 0.29) is 24.3 Å². The van der Waals surface area contributed by atoms with Crippen molar-refractivity contribution in [2.75, 3.05) is 0 Å². The van der Waals surface area contributed by atoms with Crippen molar-refractivity contribution >= 4 is 35.6 Å². The van der Waals surface area contributed by atoms with Crippen molar-refractivity contribution in [3.05, 3.63) is 59.7 Å². The predicted molar refractivity (Wildman–Crippen MR) is 149 cm³/mol. The number of carboxylic acid groups (broad SMARTS) is 3. The fourth-order valence-electron chi connectivity index (χ4n) is 3.94. The van der Waals surface area contributed by atoms with Crippen molar-refractivity contribution in [3.8, 4) is 11.5 Å². The zero-order valence-corrected chi connectivity index (χ0v) is 22.9. The van der Waals surface area contributed by atoms with Gasteiger partial charge in [0, 0.05) is 19.3 Å². The molecule has 232 valence electrons. The van der Waals surface area contributed by atoms with E-state index in [1.165, 1.54) is 48.5 Å². The molecule has 15 nitrogen and oxygen atoms in total. The Balaban J connectivity index is 2.17. The number of carbonyl (C=O) groups is 6. The Morgan fingerprint density at radius 3 is 1.35 bits per heavy atom. The summed E-state index contributed by atoms with van der Waals surface area (Å²) >= 11 is 0. The third-order valence-electron chi connectivity index (χ3n) is 6.28. The summed E-state index contributed by atoms with van der Waals surface area (Å²) in [6.07, 6.45) is -2.16. The predicted octanol–water partition coefficient (Wildman–Crippen LogP) is -0.521. The zero-order valence-electron chi connectivity index (χ0n) is 22.9. The number of rotatable bonds is 17. The molecular formula is C28H34N4O11. The lowest BCUT2D eigenvalue weighted by Crippen LogP contribution is -2.57. The number of nitrogens with one attached hydrogen (secondary N) is 3. The highest BCUT2D eigenvalue weighted by molar-refractivity contribution is 5.94. The van der Waals surface area contributed by atoms with E-state index >= 15 is 0 Å². The van der Waals surface area contributed by atoms with Gasteiger partial charge >= 0.3 is 17.9 Å². The van der Waals surface area contributed by atoms with Crippen LogP contribution < -0.4 is 21.7 Å². The molecule has 0 saturated heterocycles. The first-order valence-corrected chi connectivity index (χ1v) is 13.1. The maximum atomic E-state index is 13.2. The van der Waals surface area contributed by atoms with E-state index < -0.39 is 85.5 Å². The van der Waals surface area contributed by atoms with Crippen molar-refractivity contribution in [1.29, 1.82) is 0 Å². The number of hydrogen-bond acceptors (Lipinski definition) is 9. The highest BCUT2D eigenvalue weighted by Crippen LogP contribution is 2.13. The standard InChI is InChI=1S/C28H34N4O11/c29-19(13-15-1-5-17(33)6-2-15)25(39)30-20(9-11-23(35)36)26(40)31-21(10-12-24(37)38)27(41)32-22(28(42)43)14-16-3-7-18(34)8-4-16/h1-8,19-22,33-34H,9-14,29H2,(H,30,39)(H,31,40)(H,32,41)(H,35,36)(H,37,38)(H,42,43). The van der Waals surface area contributed by atoms with Crippen molar-refractivity contribution < 1.29 is 54.3 Å². The Morgan fingerprint density at radius 1 is 0.581 bits per heavy atom. The van der Waals surface area contributed by atoms with Crippen LogP contribution in [0.1, 0.15) is 36.8 Å². The van der Waals surface area contributed by atoms with Gasteiger partial charge in [-0.15, -0.1) is 0 Å². The van der Waals surface area contributed by atoms with E-state index in [0.717, 1.165) is 0 Å². The smallest absolute Gasteiger partial charge is 0.326 e. The van der Waals surface area contributed by atoms with Gasteiger partial charge < -0.3 is 47.2 Å². The molecule has 43 heavy (non-hydrogen) atoms. The Labute approximate surface area is 245 Å². The van der Waals surface area contributed by atoms with Gasteiger partial charge in [0.05, 0.1) is 6.04 Å². The Morgan fingerprint density at radius 2 is 0.953 bits per heavy atom. The van der Waals surface area contributed by atoms with Gasteiger partial charge in [0.25, 0.3) is 0 Å². The topological polar surface area (TPSA) is 266 Å². The zero-order chi connectivity index (χ0) is 32.1. The summed E-state index contributed by atoms with van der Waals surface area (Å²) in [7, 11) is 0. The van der Waals surface area contributed by atoms with E-state index in [9.17, 15) is 44.1 Å². The number of aliphatic carboxylic acids is 3. The summed E-state index contributed by atoms with van der Waals surface area (Å²) in [5.41, 5.74) is 7.01. The highest BCUT2D eigenvalue weighted by atomic mass is 16.4. The van der Waals surface area contributed by atoms with Gasteiger partial charge in [0.2, 0.25) is 17.7 Å². The molecule has 0 aliphatic carbocycles. The molecule has 0 fully saturated rings. The Hall–Kier alpha value is -5.18. The maximum Gasteiger partial charge on any atom is 0.326 e. The van der Waals surface area contributed by atoms with Crippen LogP contribution >= 0.6 is 0 Å². The molecule has 2 aromatic carbocycles. The van der Waals surface area contributed by atoms with Crippen molar-refractivity contribution in [2.24, 2.45) is 5.73 Å². The number of hydrogen-bond donors (Lipinski definition) is 9. The number of phenolic OH excluding ortho intramolecular Hbond substituents is 2. The molecule has 0 saturated carbocycles. The Kier molecular flexibility index (Phi) is 12.9. The molecule has 0 radical (unpaired) electrons. The van der Waals surface area contributed by atoms with Crippen LogP contribution in [0.25, 0.3) is 0 Å². The third-order valence-corrected chi connectivity index (χ3v) is 6.28. The molecule has 4 atom stereocenters. The van der Waals surface area contributed by atoms with Crippen LogP contribution in [0.2, 0.25) is 0 Å². The van der Waals surface area contributed by atoms with Gasteiger partial charge in [0.1, 0.15) is 29.6 Å². The molecule has 2 rings (SSSR count). The van der Waals surface area contributed by atoms with E-state index in [1.54, 1.807) is 0 Å². The van der Waals surface area contributed by atoms with Crippen LogP contribution in [0.5, 0.6) is 11.5 Å². The van der Waals surface area contributed by atoms with Crippen molar-refractivity contribution in [3.63, 3.8) is 0 Å². The van der Waals surface area contributed by atoms with Gasteiger partial charge in [-0.25, -0.2) is 4.79 Å². The van der Waals surface area contributed by atoms with Gasteiger partial charge in [-0.1, -0.05) is 24.3 Å². The van der Waals surface area contributed by atoms with Gasteiger partial charge in [-0.2, -0.15) is 0 Å². The normalized spacial score (nSPS) is 13.5. The quantitative estimate of drug-likeness (QED) is 0.111. The molecular weight excluding hydrogens is 568 g/mol. The molecule has 3 amide bonds. The number of aromatic hydroxyl groups is 2. The van der Waals surface area contributed by atoms with E-state index in [2.05, 4.69) is 16.0 Å². The van der Waals surface area contributed by atoms with Crippen LogP contribution in [-0.2, 0) is 41.6 Å². The fourth-order valence-corrected chi connectivity index (χ4v) is 3.94. The lowest BCUT2D eigenvalue weighted by Gasteiger charge is -2.25. The largest absolute Gasteiger partial charge is 0.508 e. The molecule has 2 aromatic rings. The number of nitrogens with two attached hydrogens (primary N) is 1. The molecule has 0 aromatic heterocycles. The molecule has 4 unspecified atom stereocenters. The third kappa shape index (κ3) is 12.1. The minimum atomic E-state index is -1.56. The van der Waals surface area contributed by atoms with Crippen molar-refractivity contribution in [1.82, 2.24) is 16.0 Å². The average molecular weight is 603 g/mol. The summed E-state index contributed by atoms with van der Waals surface area (Å²) in [4.78, 5) is 73.2. The molecule has 0 heterocycles. The number of benzene rings is 2. The Bertz CT molecular complexity index is 1300. The SMILES string of the molecule is NC(Cc1ccc(O)cc1)C(=O)NC(CCC(=O)O)C(=O)NC(CCC(=O)O)C(=O)NC(Cc1ccc(O)cc1)C(=O)O. The van der Waals surface area contributed by atoms with Crippen LogP contribution in [0.4, 0.5) is 0 Å². The average Bonchev–Trinajstić information content (AvgIpc) is 2.94. The summed E-state index contributed by atoms with van der Waals surface area (Å²) in [6.45, 7) is 0. The van der Waals surface area contributed by atoms with Crippen LogP contribution in [0.15, 0.2) is 48.5 Å². The van der Waals surface area contributed by atoms with Crippen LogP contribution in [0.3, 0.4) is 0 Å². The summed E-state index contributed by atoms with van der Waals surface area (Å²) < 4.78 is 0. The van der Waals surface area contributed by atoms with Crippen molar-refractivity contribution in [2.45, 2.75) is 62.7 Å². The monoisotopic (exact) mass is 602 g/mol. The number of carbonyl (C=O) groups excluding carboxylic acids is 3. The second-order valence-electron chi connectivity index (χ2n) is 9.73. The minimum absolute atomic E-state index is 0.00342. The maximum absolute atomic E-state index is 13.2. The summed E-state index contributed by atoms with van der Waals surface area (Å²) in [5, 5.41) is 53.6. The van der Waals surface area contributed by atoms with Gasteiger partial charge in [-0.3, -0.25) is 24.0 Å². The van der Waals surface area contributed by atoms with E-state index in [1.807, 2.05) is 0 Å². The van der Waals surface area contributed by atoms with E-state index in [4.69, 9.17) is 15.9 Å². The molecule has 0 aliphatic heterocycles. The first-order chi connectivity index (χ1) is 20.2. The van der Waals surface area contributed by atoms with Gasteiger partial charge in [-0.05, 0) is 54.7 Å². The number of amides is 3. The minimum Gasteiger partial charge on any atom is -0.508 e. The molecule has 0 aliphatic rings. The van der Waals surface area contributed by atoms with E-state index in [0.29, 0.717) is 11.1 Å². The lowest BCUT2D eigenvalue weighted by molar-refractivity contribution is -0.143. The second kappa shape index (κ2) is 16.3. The fraction of sp³-hybridized carbons (Fsp3) is 0.357. The first-order valence-electron chi connectivity index (χ1n) is 13.1.